The van der Waals surface area contributed by atoms with Crippen molar-refractivity contribution in [2.75, 3.05) is 9.80 Å². The third-order valence-electron chi connectivity index (χ3n) is 13.8. The summed E-state index contributed by atoms with van der Waals surface area (Å²) in [5.74, 6) is 0. The molecule has 0 amide bonds. The summed E-state index contributed by atoms with van der Waals surface area (Å²) in [6.45, 7) is 16.2. The maximum atomic E-state index is 2.64. The number of hydrogen-bond donors (Lipinski definition) is 0. The summed E-state index contributed by atoms with van der Waals surface area (Å²) in [4.78, 5) is 5.17. The molecule has 8 aromatic carbocycles. The average molecular weight is 803 g/mol. The molecule has 0 saturated heterocycles. The lowest BCUT2D eigenvalue weighted by Gasteiger charge is -2.45. The van der Waals surface area contributed by atoms with Crippen LogP contribution < -0.4 is 46.9 Å². The fourth-order valence-corrected chi connectivity index (χ4v) is 16.0. The van der Waals surface area contributed by atoms with E-state index in [9.17, 15) is 0 Å². The van der Waals surface area contributed by atoms with Crippen LogP contribution in [0.25, 0.3) is 11.1 Å². The van der Waals surface area contributed by atoms with Crippen molar-refractivity contribution in [1.29, 1.82) is 0 Å². The lowest BCUT2D eigenvalue weighted by molar-refractivity contribution is 0.590. The maximum Gasteiger partial charge on any atom is 0.252 e. The van der Waals surface area contributed by atoms with Crippen molar-refractivity contribution in [3.63, 3.8) is 0 Å². The number of hydrogen-bond acceptors (Lipinski definition) is 2. The summed E-state index contributed by atoms with van der Waals surface area (Å²) in [6.07, 6.45) is 0. The number of aryl methyl sites for hydroxylation is 1. The Morgan fingerprint density at radius 2 is 0.984 bits per heavy atom. The van der Waals surface area contributed by atoms with E-state index in [0.717, 1.165) is 0 Å². The summed E-state index contributed by atoms with van der Waals surface area (Å²) in [5, 5.41) is 5.76. The maximum absolute atomic E-state index is 2.77. The van der Waals surface area contributed by atoms with Crippen molar-refractivity contribution >= 4 is 86.0 Å². The van der Waals surface area contributed by atoms with Gasteiger partial charge in [-0.25, -0.2) is 0 Å². The van der Waals surface area contributed by atoms with Gasteiger partial charge in [0.2, 0.25) is 0 Å². The van der Waals surface area contributed by atoms with E-state index in [-0.39, 0.29) is 17.5 Å². The number of benzene rings is 8. The van der Waals surface area contributed by atoms with E-state index < -0.39 is 8.07 Å². The number of anilines is 6. The molecule has 11 rings (SSSR count). The van der Waals surface area contributed by atoms with E-state index >= 15 is 0 Å². The molecule has 0 unspecified atom stereocenters. The third kappa shape index (κ3) is 5.54. The normalized spacial score (nSPS) is 14.5. The molecule has 0 fully saturated rings. The smallest absolute Gasteiger partial charge is 0.252 e. The molecule has 0 atom stereocenters. The molecule has 0 aromatic heterocycles. The standard InChI is InChI=1S/C57H51BN2Si/c1-38-27-34-49-54-55(38)60(41-19-11-8-12-20-41)50-35-40(57(5,6)7)30-33-47(50)58(54)48-36-46-45-25-17-18-26-52(45)61(43-21-13-9-14-22-43,44-23-15-10-16-24-44)53(46)37-51(48)59(49)42-31-28-39(29-32-42)56(2,3)4/h8-37H,1-7H3. The third-order valence-corrected chi connectivity index (χ3v) is 18.6. The van der Waals surface area contributed by atoms with Crippen molar-refractivity contribution in [2.45, 2.75) is 59.3 Å². The average Bonchev–Trinajstić information content (AvgIpc) is 3.56. The van der Waals surface area contributed by atoms with Crippen molar-refractivity contribution in [3.05, 3.63) is 199 Å². The lowest BCUT2D eigenvalue weighted by atomic mass is 9.33. The van der Waals surface area contributed by atoms with Crippen LogP contribution in [-0.2, 0) is 10.8 Å². The van der Waals surface area contributed by atoms with Crippen molar-refractivity contribution in [3.8, 4) is 11.1 Å². The van der Waals surface area contributed by atoms with E-state index in [2.05, 4.69) is 240 Å². The lowest BCUT2D eigenvalue weighted by Crippen LogP contribution is -2.73. The summed E-state index contributed by atoms with van der Waals surface area (Å²) >= 11 is 0. The van der Waals surface area contributed by atoms with Gasteiger partial charge in [0, 0.05) is 34.1 Å². The largest absolute Gasteiger partial charge is 0.311 e. The van der Waals surface area contributed by atoms with Crippen molar-refractivity contribution < 1.29 is 0 Å². The van der Waals surface area contributed by atoms with Crippen molar-refractivity contribution in [1.82, 2.24) is 0 Å². The molecule has 0 spiro atoms. The van der Waals surface area contributed by atoms with Crippen LogP contribution in [0.4, 0.5) is 34.1 Å². The summed E-state index contributed by atoms with van der Waals surface area (Å²) in [6, 6.07) is 69.9. The Balaban J connectivity index is 1.28. The highest BCUT2D eigenvalue weighted by molar-refractivity contribution is 7.22. The van der Waals surface area contributed by atoms with E-state index in [0.29, 0.717) is 0 Å². The monoisotopic (exact) mass is 802 g/mol. The van der Waals surface area contributed by atoms with Gasteiger partial charge in [-0.1, -0.05) is 181 Å². The first-order valence-electron chi connectivity index (χ1n) is 21.9. The van der Waals surface area contributed by atoms with E-state index in [1.54, 1.807) is 0 Å². The summed E-state index contributed by atoms with van der Waals surface area (Å²) in [5.41, 5.74) is 18.2. The van der Waals surface area contributed by atoms with Gasteiger partial charge in [0.15, 0.2) is 8.07 Å². The second-order valence-corrected chi connectivity index (χ2v) is 23.1. The highest BCUT2D eigenvalue weighted by atomic mass is 28.3. The zero-order chi connectivity index (χ0) is 41.8. The molecular weight excluding hydrogens is 752 g/mol. The minimum atomic E-state index is -2.77. The Kier molecular flexibility index (Phi) is 8.37. The van der Waals surface area contributed by atoms with Crippen LogP contribution in [0.2, 0.25) is 0 Å². The van der Waals surface area contributed by atoms with Crippen LogP contribution in [0, 0.1) is 6.92 Å². The molecule has 0 aliphatic carbocycles. The van der Waals surface area contributed by atoms with Gasteiger partial charge in [-0.15, -0.1) is 0 Å². The molecule has 3 aliphatic heterocycles. The quantitative estimate of drug-likeness (QED) is 0.164. The number of rotatable bonds is 4. The summed E-state index contributed by atoms with van der Waals surface area (Å²) in [7, 11) is -2.77. The fourth-order valence-electron chi connectivity index (χ4n) is 10.8. The fraction of sp³-hybridized carbons (Fsp3) is 0.158. The molecule has 4 heteroatoms. The Morgan fingerprint density at radius 1 is 0.426 bits per heavy atom. The Bertz CT molecular complexity index is 2960. The topological polar surface area (TPSA) is 6.48 Å². The van der Waals surface area contributed by atoms with Gasteiger partial charge in [-0.2, -0.15) is 0 Å². The molecule has 296 valence electrons. The number of fused-ring (bicyclic) bond motifs is 7. The minimum absolute atomic E-state index is 0.0115. The van der Waals surface area contributed by atoms with Gasteiger partial charge in [0.1, 0.15) is 0 Å². The molecule has 0 radical (unpaired) electrons. The minimum Gasteiger partial charge on any atom is -0.311 e. The molecular formula is C57H51BN2Si. The van der Waals surface area contributed by atoms with Crippen LogP contribution in [0.15, 0.2) is 182 Å². The molecule has 2 nitrogen and oxygen atoms in total. The first kappa shape index (κ1) is 37.6. The van der Waals surface area contributed by atoms with Gasteiger partial charge < -0.3 is 9.80 Å². The van der Waals surface area contributed by atoms with Crippen LogP contribution in [0.5, 0.6) is 0 Å². The van der Waals surface area contributed by atoms with Crippen LogP contribution in [0.3, 0.4) is 0 Å². The number of nitrogens with zero attached hydrogens (tertiary/aromatic N) is 2. The molecule has 8 aromatic rings. The highest BCUT2D eigenvalue weighted by Gasteiger charge is 2.51. The van der Waals surface area contributed by atoms with Crippen LogP contribution in [-0.4, -0.2) is 14.8 Å². The Labute approximate surface area is 363 Å². The van der Waals surface area contributed by atoms with Gasteiger partial charge in [0.05, 0.1) is 0 Å². The molecule has 0 bridgehead atoms. The van der Waals surface area contributed by atoms with E-state index in [4.69, 9.17) is 0 Å². The second kappa shape index (κ2) is 13.6. The van der Waals surface area contributed by atoms with E-state index in [1.165, 1.54) is 99.1 Å². The second-order valence-electron chi connectivity index (χ2n) is 19.4. The molecule has 3 heterocycles. The molecule has 61 heavy (non-hydrogen) atoms. The molecule has 0 saturated carbocycles. The number of para-hydroxylation sites is 1. The SMILES string of the molecule is Cc1ccc2c3c1N(c1ccccc1)c1cc(C(C)(C)C)ccc1B3c1cc3c(cc1N2c1ccc(C(C)(C)C)cc1)[Si](c1ccccc1)(c1ccccc1)c1ccccc1-3. The predicted molar refractivity (Wildman–Crippen MR) is 265 cm³/mol. The van der Waals surface area contributed by atoms with Gasteiger partial charge >= 0.3 is 0 Å². The first-order chi connectivity index (χ1) is 29.5. The first-order valence-corrected chi connectivity index (χ1v) is 23.9. The van der Waals surface area contributed by atoms with E-state index in [1.807, 2.05) is 0 Å². The Morgan fingerprint density at radius 3 is 1.62 bits per heavy atom. The van der Waals surface area contributed by atoms with Crippen molar-refractivity contribution in [2.24, 2.45) is 0 Å². The van der Waals surface area contributed by atoms with Crippen LogP contribution in [0.1, 0.15) is 58.2 Å². The molecule has 3 aliphatic rings. The van der Waals surface area contributed by atoms with Gasteiger partial charge in [-0.3, -0.25) is 0 Å². The predicted octanol–water partition coefficient (Wildman–Crippen LogP) is 10.0. The molecule has 0 N–H and O–H groups in total. The zero-order valence-electron chi connectivity index (χ0n) is 36.3. The van der Waals surface area contributed by atoms with Gasteiger partial charge in [-0.05, 0) is 125 Å². The zero-order valence-corrected chi connectivity index (χ0v) is 37.3. The highest BCUT2D eigenvalue weighted by Crippen LogP contribution is 2.47. The summed E-state index contributed by atoms with van der Waals surface area (Å²) < 4.78 is 0. The van der Waals surface area contributed by atoms with Gasteiger partial charge in [0.25, 0.3) is 6.71 Å². The Hall–Kier alpha value is -6.36. The van der Waals surface area contributed by atoms with Crippen LogP contribution >= 0.6 is 0 Å².